The summed E-state index contributed by atoms with van der Waals surface area (Å²) in [5, 5.41) is 0. The van der Waals surface area contributed by atoms with Gasteiger partial charge in [-0.05, 0) is 45.2 Å². The maximum Gasteiger partial charge on any atom is 0.241 e. The first-order chi connectivity index (χ1) is 20.8. The maximum absolute atomic E-state index is 2.42. The normalized spacial score (nSPS) is 11.3. The van der Waals surface area contributed by atoms with Gasteiger partial charge in [-0.25, -0.2) is 0 Å². The largest absolute Gasteiger partial charge is 0.241 e. The van der Waals surface area contributed by atoms with E-state index >= 15 is 0 Å². The number of thioether (sulfide) groups is 1. The fraction of sp³-hybridized carbons (Fsp3) is 0.0500. The van der Waals surface area contributed by atoms with Crippen molar-refractivity contribution in [1.29, 1.82) is 0 Å². The van der Waals surface area contributed by atoms with Crippen LogP contribution in [0.1, 0.15) is 5.56 Å². The Hall–Kier alpha value is -4.53. The van der Waals surface area contributed by atoms with Crippen LogP contribution in [-0.4, -0.2) is 18.7 Å². The second-order valence-electron chi connectivity index (χ2n) is 10.5. The van der Waals surface area contributed by atoms with Crippen LogP contribution in [0.2, 0.25) is 0 Å². The van der Waals surface area contributed by atoms with Crippen LogP contribution in [0.3, 0.4) is 0 Å². The van der Waals surface area contributed by atoms with E-state index in [1.54, 1.807) is 0 Å². The van der Waals surface area contributed by atoms with E-state index in [1.165, 1.54) is 55.3 Å². The SMILES string of the molecule is CSC/C=C(\B(c1ccc(-c2ccccc2)cc1)c1ccc(-c2ccccc2)cc1)c1ccc(-c2ccccc2)cc1. The Bertz CT molecular complexity index is 1640. The molecule has 6 aromatic carbocycles. The highest BCUT2D eigenvalue weighted by atomic mass is 32.2. The standard InChI is InChI=1S/C40H33BS/c1-42-30-29-40(37-19-17-34(18-20-37)31-11-5-2-6-12-31)41(38-25-21-35(22-26-38)32-13-7-3-8-14-32)39-27-23-36(24-28-39)33-15-9-4-10-16-33/h2-29H,30H2,1H3/b40-29-. The Morgan fingerprint density at radius 3 is 1.14 bits per heavy atom. The minimum Gasteiger partial charge on any atom is -0.161 e. The van der Waals surface area contributed by atoms with Crippen molar-refractivity contribution in [3.05, 3.63) is 175 Å². The topological polar surface area (TPSA) is 0 Å². The van der Waals surface area contributed by atoms with Gasteiger partial charge in [0.25, 0.3) is 0 Å². The number of hydrogen-bond acceptors (Lipinski definition) is 1. The molecule has 2 heteroatoms. The lowest BCUT2D eigenvalue weighted by Gasteiger charge is -2.21. The third kappa shape index (κ3) is 6.35. The molecule has 0 amide bonds. The molecule has 0 bridgehead atoms. The van der Waals surface area contributed by atoms with E-state index in [0.29, 0.717) is 0 Å². The molecule has 6 rings (SSSR count). The monoisotopic (exact) mass is 556 g/mol. The van der Waals surface area contributed by atoms with Crippen molar-refractivity contribution in [2.75, 3.05) is 12.0 Å². The Balaban J connectivity index is 1.43. The zero-order chi connectivity index (χ0) is 28.6. The molecule has 0 aliphatic heterocycles. The van der Waals surface area contributed by atoms with Crippen LogP contribution < -0.4 is 10.9 Å². The third-order valence-corrected chi connectivity index (χ3v) is 8.31. The fourth-order valence-electron chi connectivity index (χ4n) is 5.61. The van der Waals surface area contributed by atoms with Gasteiger partial charge >= 0.3 is 0 Å². The zero-order valence-electron chi connectivity index (χ0n) is 23.9. The molecule has 0 saturated heterocycles. The van der Waals surface area contributed by atoms with Crippen LogP contribution in [-0.2, 0) is 0 Å². The number of rotatable bonds is 9. The molecular formula is C40H33BS. The zero-order valence-corrected chi connectivity index (χ0v) is 24.7. The first-order valence-electron chi connectivity index (χ1n) is 14.5. The summed E-state index contributed by atoms with van der Waals surface area (Å²) in [7, 11) is 0. The molecule has 202 valence electrons. The second kappa shape index (κ2) is 13.4. The van der Waals surface area contributed by atoms with E-state index in [-0.39, 0.29) is 6.71 Å². The van der Waals surface area contributed by atoms with Gasteiger partial charge in [-0.15, -0.1) is 0 Å². The molecule has 6 aromatic rings. The Kier molecular flexibility index (Phi) is 8.83. The van der Waals surface area contributed by atoms with Crippen LogP contribution in [0, 0.1) is 0 Å². The lowest BCUT2D eigenvalue weighted by Crippen LogP contribution is -2.43. The Labute approximate surface area is 254 Å². The van der Waals surface area contributed by atoms with Gasteiger partial charge in [0, 0.05) is 5.75 Å². The molecule has 0 unspecified atom stereocenters. The highest BCUT2D eigenvalue weighted by Crippen LogP contribution is 2.26. The molecular weight excluding hydrogens is 523 g/mol. The third-order valence-electron chi connectivity index (χ3n) is 7.81. The smallest absolute Gasteiger partial charge is 0.161 e. The minimum atomic E-state index is 0.106. The maximum atomic E-state index is 2.42. The van der Waals surface area contributed by atoms with Gasteiger partial charge in [-0.1, -0.05) is 186 Å². The summed E-state index contributed by atoms with van der Waals surface area (Å²) in [6.45, 7) is 0.106. The van der Waals surface area contributed by atoms with Crippen molar-refractivity contribution in [3.8, 4) is 33.4 Å². The lowest BCUT2D eigenvalue weighted by atomic mass is 9.35. The van der Waals surface area contributed by atoms with Gasteiger partial charge in [0.2, 0.25) is 6.71 Å². The predicted octanol–water partition coefficient (Wildman–Crippen LogP) is 9.28. The van der Waals surface area contributed by atoms with Crippen LogP contribution in [0.25, 0.3) is 38.9 Å². The quantitative estimate of drug-likeness (QED) is 0.160. The van der Waals surface area contributed by atoms with E-state index in [1.807, 2.05) is 11.8 Å². The minimum absolute atomic E-state index is 0.106. The van der Waals surface area contributed by atoms with E-state index in [2.05, 4.69) is 176 Å². The van der Waals surface area contributed by atoms with Crippen molar-refractivity contribution in [2.45, 2.75) is 0 Å². The van der Waals surface area contributed by atoms with Crippen molar-refractivity contribution in [3.63, 3.8) is 0 Å². The van der Waals surface area contributed by atoms with Gasteiger partial charge < -0.3 is 0 Å². The molecule has 0 saturated carbocycles. The molecule has 0 N–H and O–H groups in total. The summed E-state index contributed by atoms with van der Waals surface area (Å²) >= 11 is 1.86. The molecule has 0 nitrogen and oxygen atoms in total. The van der Waals surface area contributed by atoms with Gasteiger partial charge in [-0.2, -0.15) is 11.8 Å². The molecule has 0 atom stereocenters. The number of benzene rings is 6. The van der Waals surface area contributed by atoms with Crippen LogP contribution in [0.15, 0.2) is 170 Å². The molecule has 0 heterocycles. The number of hydrogen-bond donors (Lipinski definition) is 0. The molecule has 0 aromatic heterocycles. The summed E-state index contributed by atoms with van der Waals surface area (Å²) in [6.07, 6.45) is 4.59. The molecule has 0 radical (unpaired) electrons. The second-order valence-corrected chi connectivity index (χ2v) is 11.4. The predicted molar refractivity (Wildman–Crippen MR) is 187 cm³/mol. The van der Waals surface area contributed by atoms with Crippen molar-refractivity contribution < 1.29 is 0 Å². The van der Waals surface area contributed by atoms with Gasteiger partial charge in [0.15, 0.2) is 0 Å². The average Bonchev–Trinajstić information content (AvgIpc) is 3.08. The van der Waals surface area contributed by atoms with Crippen LogP contribution in [0.4, 0.5) is 0 Å². The Morgan fingerprint density at radius 2 is 0.786 bits per heavy atom. The van der Waals surface area contributed by atoms with Gasteiger partial charge in [0.05, 0.1) is 0 Å². The van der Waals surface area contributed by atoms with Crippen molar-refractivity contribution >= 4 is 34.9 Å². The summed E-state index contributed by atoms with van der Waals surface area (Å²) < 4.78 is 0. The average molecular weight is 557 g/mol. The summed E-state index contributed by atoms with van der Waals surface area (Å²) in [5.41, 5.74) is 12.6. The van der Waals surface area contributed by atoms with Gasteiger partial charge in [0.1, 0.15) is 0 Å². The lowest BCUT2D eigenvalue weighted by molar-refractivity contribution is 1.58. The molecule has 0 spiro atoms. The first kappa shape index (κ1) is 27.6. The molecule has 0 aliphatic rings. The summed E-state index contributed by atoms with van der Waals surface area (Å²) in [5.74, 6) is 0.955. The van der Waals surface area contributed by atoms with Crippen molar-refractivity contribution in [1.82, 2.24) is 0 Å². The van der Waals surface area contributed by atoms with Gasteiger partial charge in [-0.3, -0.25) is 0 Å². The van der Waals surface area contributed by atoms with Crippen LogP contribution in [0.5, 0.6) is 0 Å². The first-order valence-corrected chi connectivity index (χ1v) is 15.8. The summed E-state index contributed by atoms with van der Waals surface area (Å²) in [4.78, 5) is 0. The Morgan fingerprint density at radius 1 is 0.452 bits per heavy atom. The van der Waals surface area contributed by atoms with E-state index in [9.17, 15) is 0 Å². The fourth-order valence-corrected chi connectivity index (χ4v) is 5.96. The van der Waals surface area contributed by atoms with E-state index in [0.717, 1.165) is 5.75 Å². The highest BCUT2D eigenvalue weighted by Gasteiger charge is 2.25. The van der Waals surface area contributed by atoms with E-state index < -0.39 is 0 Å². The molecule has 42 heavy (non-hydrogen) atoms. The van der Waals surface area contributed by atoms with Crippen molar-refractivity contribution in [2.24, 2.45) is 0 Å². The van der Waals surface area contributed by atoms with E-state index in [4.69, 9.17) is 0 Å². The molecule has 0 fully saturated rings. The molecule has 0 aliphatic carbocycles. The summed E-state index contributed by atoms with van der Waals surface area (Å²) in [6, 6.07) is 59.2. The van der Waals surface area contributed by atoms with Crippen LogP contribution >= 0.6 is 11.8 Å². The highest BCUT2D eigenvalue weighted by molar-refractivity contribution is 7.98.